The fraction of sp³-hybridized carbons (Fsp3) is 0.0455. The number of thioether (sulfide) groups is 1. The van der Waals surface area contributed by atoms with E-state index in [2.05, 4.69) is 26.1 Å². The van der Waals surface area contributed by atoms with Crippen molar-refractivity contribution in [2.24, 2.45) is 10.2 Å². The van der Waals surface area contributed by atoms with Crippen LogP contribution in [-0.4, -0.2) is 22.2 Å². The Morgan fingerprint density at radius 1 is 1.10 bits per heavy atom. The fourth-order valence-electron chi connectivity index (χ4n) is 2.75. The maximum absolute atomic E-state index is 13.1. The zero-order valence-electron chi connectivity index (χ0n) is 15.8. The Morgan fingerprint density at radius 2 is 1.90 bits per heavy atom. The first-order valence-electron chi connectivity index (χ1n) is 9.05. The number of halogens is 3. The van der Waals surface area contributed by atoms with E-state index in [0.717, 1.165) is 10.0 Å². The zero-order valence-corrected chi connectivity index (χ0v) is 19.7. The molecule has 0 radical (unpaired) electrons. The van der Waals surface area contributed by atoms with Crippen molar-refractivity contribution in [2.45, 2.75) is 6.54 Å². The lowest BCUT2D eigenvalue weighted by molar-refractivity contribution is -0.122. The third kappa shape index (κ3) is 5.30. The van der Waals surface area contributed by atoms with Crippen LogP contribution in [0.2, 0.25) is 10.0 Å². The summed E-state index contributed by atoms with van der Waals surface area (Å²) in [5.74, 6) is 0.426. The van der Waals surface area contributed by atoms with Crippen LogP contribution in [0, 0.1) is 0 Å². The first kappa shape index (κ1) is 21.9. The number of hydrogen-bond donors (Lipinski definition) is 0. The van der Waals surface area contributed by atoms with Gasteiger partial charge in [0.2, 0.25) is 0 Å². The molecule has 9 heteroatoms. The summed E-state index contributed by atoms with van der Waals surface area (Å²) in [6.07, 6.45) is 4.90. The van der Waals surface area contributed by atoms with Crippen LogP contribution in [-0.2, 0) is 11.3 Å². The second kappa shape index (κ2) is 9.87. The molecule has 156 valence electrons. The van der Waals surface area contributed by atoms with E-state index in [4.69, 9.17) is 27.6 Å². The highest BCUT2D eigenvalue weighted by molar-refractivity contribution is 9.10. The van der Waals surface area contributed by atoms with Crippen LogP contribution in [0.5, 0.6) is 0 Å². The number of benzene rings is 2. The Kier molecular flexibility index (Phi) is 6.97. The van der Waals surface area contributed by atoms with E-state index in [1.54, 1.807) is 48.9 Å². The van der Waals surface area contributed by atoms with E-state index in [1.165, 1.54) is 16.7 Å². The van der Waals surface area contributed by atoms with Crippen LogP contribution in [0.4, 0.5) is 0 Å². The second-order valence-corrected chi connectivity index (χ2v) is 9.11. The molecule has 1 aliphatic heterocycles. The molecule has 0 saturated carbocycles. The van der Waals surface area contributed by atoms with Gasteiger partial charge in [-0.05, 0) is 59.3 Å². The SMILES string of the molecule is O=C1/C(=C/c2cccc(Cl)c2Cl)S/C(=N/N=C\c2ccc(Br)cc2)N1Cc1ccco1. The van der Waals surface area contributed by atoms with Gasteiger partial charge in [-0.15, -0.1) is 5.10 Å². The van der Waals surface area contributed by atoms with Gasteiger partial charge < -0.3 is 4.42 Å². The Bertz CT molecular complexity index is 1190. The lowest BCUT2D eigenvalue weighted by atomic mass is 10.2. The van der Waals surface area contributed by atoms with E-state index < -0.39 is 0 Å². The highest BCUT2D eigenvalue weighted by Crippen LogP contribution is 2.36. The van der Waals surface area contributed by atoms with E-state index >= 15 is 0 Å². The molecule has 0 unspecified atom stereocenters. The van der Waals surface area contributed by atoms with Gasteiger partial charge in [-0.1, -0.05) is 63.4 Å². The minimum absolute atomic E-state index is 0.213. The number of amides is 1. The monoisotopic (exact) mass is 533 g/mol. The summed E-state index contributed by atoms with van der Waals surface area (Å²) in [5.41, 5.74) is 1.54. The van der Waals surface area contributed by atoms with Crippen LogP contribution in [0.1, 0.15) is 16.9 Å². The number of hydrogen-bond acceptors (Lipinski definition) is 5. The van der Waals surface area contributed by atoms with Crippen LogP contribution >= 0.6 is 50.9 Å². The summed E-state index contributed by atoms with van der Waals surface area (Å²) in [6.45, 7) is 0.242. The number of furan rings is 1. The van der Waals surface area contributed by atoms with E-state index in [-0.39, 0.29) is 12.5 Å². The fourth-order valence-corrected chi connectivity index (χ4v) is 4.30. The molecule has 0 N–H and O–H groups in total. The molecule has 2 aromatic carbocycles. The second-order valence-electron chi connectivity index (χ2n) is 6.40. The molecule has 1 saturated heterocycles. The third-order valence-electron chi connectivity index (χ3n) is 4.27. The summed E-state index contributed by atoms with van der Waals surface area (Å²) < 4.78 is 6.39. The van der Waals surface area contributed by atoms with Gasteiger partial charge in [0, 0.05) is 4.47 Å². The average molecular weight is 535 g/mol. The Hall–Kier alpha value is -2.32. The maximum Gasteiger partial charge on any atom is 0.267 e. The standard InChI is InChI=1S/C22H14BrCl2N3O2S/c23-16-8-6-14(7-9-16)12-26-27-22-28(13-17-4-2-10-30-17)21(29)19(31-22)11-15-3-1-5-18(24)20(15)25/h1-12H,13H2/b19-11-,26-12-,27-22+. The van der Waals surface area contributed by atoms with Crippen LogP contribution < -0.4 is 0 Å². The van der Waals surface area contributed by atoms with Crippen molar-refractivity contribution in [1.82, 2.24) is 4.90 Å². The number of rotatable bonds is 5. The molecular weight excluding hydrogens is 521 g/mol. The van der Waals surface area contributed by atoms with Crippen LogP contribution in [0.15, 0.2) is 84.9 Å². The van der Waals surface area contributed by atoms with Crippen molar-refractivity contribution in [2.75, 3.05) is 0 Å². The van der Waals surface area contributed by atoms with Crippen molar-refractivity contribution in [3.8, 4) is 0 Å². The van der Waals surface area contributed by atoms with Gasteiger partial charge in [0.1, 0.15) is 5.76 Å². The first-order chi connectivity index (χ1) is 15.0. The predicted octanol–water partition coefficient (Wildman–Crippen LogP) is 6.86. The smallest absolute Gasteiger partial charge is 0.267 e. The molecule has 2 heterocycles. The molecule has 5 nitrogen and oxygen atoms in total. The lowest BCUT2D eigenvalue weighted by Crippen LogP contribution is -2.28. The van der Waals surface area contributed by atoms with Crippen molar-refractivity contribution >= 4 is 74.3 Å². The highest BCUT2D eigenvalue weighted by Gasteiger charge is 2.34. The normalized spacial score (nSPS) is 16.9. The number of amidine groups is 1. The molecular formula is C22H14BrCl2N3O2S. The highest BCUT2D eigenvalue weighted by atomic mass is 79.9. The van der Waals surface area contributed by atoms with Crippen molar-refractivity contribution in [1.29, 1.82) is 0 Å². The van der Waals surface area contributed by atoms with Gasteiger partial charge >= 0.3 is 0 Å². The van der Waals surface area contributed by atoms with E-state index in [0.29, 0.717) is 31.4 Å². The molecule has 1 amide bonds. The molecule has 0 spiro atoms. The summed E-state index contributed by atoms with van der Waals surface area (Å²) in [6, 6.07) is 16.5. The molecule has 0 aliphatic carbocycles. The van der Waals surface area contributed by atoms with Crippen molar-refractivity contribution in [3.63, 3.8) is 0 Å². The molecule has 0 bridgehead atoms. The molecule has 31 heavy (non-hydrogen) atoms. The molecule has 1 aliphatic rings. The molecule has 4 rings (SSSR count). The zero-order chi connectivity index (χ0) is 21.8. The molecule has 3 aromatic rings. The van der Waals surface area contributed by atoms with Gasteiger partial charge in [-0.3, -0.25) is 9.69 Å². The Morgan fingerprint density at radius 3 is 2.65 bits per heavy atom. The number of carbonyl (C=O) groups is 1. The topological polar surface area (TPSA) is 58.2 Å². The predicted molar refractivity (Wildman–Crippen MR) is 130 cm³/mol. The summed E-state index contributed by atoms with van der Waals surface area (Å²) in [7, 11) is 0. The van der Waals surface area contributed by atoms with Crippen molar-refractivity contribution in [3.05, 3.63) is 97.2 Å². The van der Waals surface area contributed by atoms with Gasteiger partial charge in [0.05, 0.1) is 34.0 Å². The Labute approximate surface area is 201 Å². The molecule has 1 fully saturated rings. The minimum atomic E-state index is -0.213. The van der Waals surface area contributed by atoms with E-state index in [1.807, 2.05) is 24.3 Å². The van der Waals surface area contributed by atoms with E-state index in [9.17, 15) is 4.79 Å². The quantitative estimate of drug-likeness (QED) is 0.204. The molecule has 0 atom stereocenters. The first-order valence-corrected chi connectivity index (χ1v) is 11.4. The van der Waals surface area contributed by atoms with Gasteiger partial charge in [0.25, 0.3) is 5.91 Å². The Balaban J connectivity index is 1.64. The third-order valence-corrected chi connectivity index (χ3v) is 6.63. The van der Waals surface area contributed by atoms with Gasteiger partial charge in [0.15, 0.2) is 5.17 Å². The van der Waals surface area contributed by atoms with Crippen molar-refractivity contribution < 1.29 is 9.21 Å². The lowest BCUT2D eigenvalue weighted by Gasteiger charge is -2.12. The van der Waals surface area contributed by atoms with Crippen LogP contribution in [0.3, 0.4) is 0 Å². The van der Waals surface area contributed by atoms with Crippen LogP contribution in [0.25, 0.3) is 6.08 Å². The summed E-state index contributed by atoms with van der Waals surface area (Å²) >= 11 is 17.0. The van der Waals surface area contributed by atoms with Gasteiger partial charge in [-0.2, -0.15) is 5.10 Å². The number of nitrogens with zero attached hydrogens (tertiary/aromatic N) is 3. The largest absolute Gasteiger partial charge is 0.467 e. The number of carbonyl (C=O) groups excluding carboxylic acids is 1. The average Bonchev–Trinajstić information content (AvgIpc) is 3.37. The van der Waals surface area contributed by atoms with Gasteiger partial charge in [-0.25, -0.2) is 0 Å². The maximum atomic E-state index is 13.1. The molecule has 1 aromatic heterocycles. The summed E-state index contributed by atoms with van der Waals surface area (Å²) in [5, 5.41) is 9.71. The minimum Gasteiger partial charge on any atom is -0.467 e. The summed E-state index contributed by atoms with van der Waals surface area (Å²) in [4.78, 5) is 15.1.